The average molecular weight is 425 g/mol. The van der Waals surface area contributed by atoms with Crippen molar-refractivity contribution in [3.05, 3.63) is 66.0 Å². The third-order valence-corrected chi connectivity index (χ3v) is 6.03. The minimum absolute atomic E-state index is 0.118. The largest absolute Gasteiger partial charge is 0.341 e. The van der Waals surface area contributed by atoms with E-state index in [0.29, 0.717) is 18.8 Å². The zero-order valence-electron chi connectivity index (χ0n) is 17.7. The van der Waals surface area contributed by atoms with Crippen molar-refractivity contribution < 1.29 is 14.0 Å². The monoisotopic (exact) mass is 424 g/mol. The molecular formula is C24H29FN4O2. The maximum Gasteiger partial charge on any atom is 0.244 e. The molecule has 0 bridgehead atoms. The molecule has 2 fully saturated rings. The van der Waals surface area contributed by atoms with Crippen molar-refractivity contribution >= 4 is 17.5 Å². The summed E-state index contributed by atoms with van der Waals surface area (Å²) in [4.78, 5) is 32.0. The SMILES string of the molecule is O=C(CN1CCN([C@@H](C(=O)N2CCCC2)c2ccccc2)CC1)Nc1ccc(F)cc1. The van der Waals surface area contributed by atoms with Crippen molar-refractivity contribution in [1.29, 1.82) is 0 Å². The lowest BCUT2D eigenvalue weighted by Crippen LogP contribution is -2.52. The fourth-order valence-electron chi connectivity index (χ4n) is 4.37. The summed E-state index contributed by atoms with van der Waals surface area (Å²) in [5.74, 6) is -0.260. The Bertz CT molecular complexity index is 876. The van der Waals surface area contributed by atoms with Crippen LogP contribution in [0.3, 0.4) is 0 Å². The molecule has 2 amide bonds. The first-order chi connectivity index (χ1) is 15.1. The molecule has 7 heteroatoms. The molecule has 164 valence electrons. The number of halogens is 1. The molecule has 31 heavy (non-hydrogen) atoms. The molecule has 1 N–H and O–H groups in total. The fraction of sp³-hybridized carbons (Fsp3) is 0.417. The van der Waals surface area contributed by atoms with Gasteiger partial charge in [-0.05, 0) is 42.7 Å². The summed E-state index contributed by atoms with van der Waals surface area (Å²) in [6.45, 7) is 4.84. The van der Waals surface area contributed by atoms with Crippen LogP contribution in [0.25, 0.3) is 0 Å². The lowest BCUT2D eigenvalue weighted by molar-refractivity contribution is -0.137. The van der Waals surface area contributed by atoms with Crippen LogP contribution in [0.15, 0.2) is 54.6 Å². The van der Waals surface area contributed by atoms with Crippen molar-refractivity contribution in [2.45, 2.75) is 18.9 Å². The Morgan fingerprint density at radius 1 is 0.871 bits per heavy atom. The quantitative estimate of drug-likeness (QED) is 0.775. The van der Waals surface area contributed by atoms with Crippen LogP contribution >= 0.6 is 0 Å². The Morgan fingerprint density at radius 3 is 2.16 bits per heavy atom. The minimum Gasteiger partial charge on any atom is -0.341 e. The van der Waals surface area contributed by atoms with Gasteiger partial charge in [0.1, 0.15) is 11.9 Å². The van der Waals surface area contributed by atoms with Crippen LogP contribution in [-0.2, 0) is 9.59 Å². The van der Waals surface area contributed by atoms with Gasteiger partial charge < -0.3 is 10.2 Å². The molecule has 0 aliphatic carbocycles. The van der Waals surface area contributed by atoms with Gasteiger partial charge in [0.05, 0.1) is 6.54 Å². The van der Waals surface area contributed by atoms with E-state index in [2.05, 4.69) is 15.1 Å². The number of piperazine rings is 1. The summed E-state index contributed by atoms with van der Waals surface area (Å²) in [6.07, 6.45) is 2.15. The highest BCUT2D eigenvalue weighted by Gasteiger charge is 2.34. The van der Waals surface area contributed by atoms with Crippen molar-refractivity contribution in [2.24, 2.45) is 0 Å². The Labute approximate surface area is 182 Å². The van der Waals surface area contributed by atoms with Gasteiger partial charge in [-0.1, -0.05) is 30.3 Å². The zero-order chi connectivity index (χ0) is 21.6. The molecular weight excluding hydrogens is 395 g/mol. The lowest BCUT2D eigenvalue weighted by Gasteiger charge is -2.39. The van der Waals surface area contributed by atoms with Crippen molar-refractivity contribution in [3.63, 3.8) is 0 Å². The number of anilines is 1. The minimum atomic E-state index is -0.328. The number of nitrogens with one attached hydrogen (secondary N) is 1. The molecule has 4 rings (SSSR count). The molecule has 0 aromatic heterocycles. The first-order valence-electron chi connectivity index (χ1n) is 11.0. The number of likely N-dealkylation sites (tertiary alicyclic amines) is 1. The number of benzene rings is 2. The predicted octanol–water partition coefficient (Wildman–Crippen LogP) is 2.75. The first-order valence-corrected chi connectivity index (χ1v) is 11.0. The number of hydrogen-bond acceptors (Lipinski definition) is 4. The molecule has 2 aromatic rings. The van der Waals surface area contributed by atoms with E-state index in [1.807, 2.05) is 35.2 Å². The van der Waals surface area contributed by atoms with Crippen LogP contribution < -0.4 is 5.32 Å². The highest BCUT2D eigenvalue weighted by Crippen LogP contribution is 2.26. The molecule has 6 nitrogen and oxygen atoms in total. The third-order valence-electron chi connectivity index (χ3n) is 6.03. The third kappa shape index (κ3) is 5.48. The van der Waals surface area contributed by atoms with E-state index in [-0.39, 0.29) is 30.2 Å². The van der Waals surface area contributed by atoms with Crippen LogP contribution in [0.1, 0.15) is 24.4 Å². The smallest absolute Gasteiger partial charge is 0.244 e. The van der Waals surface area contributed by atoms with Crippen LogP contribution in [0.5, 0.6) is 0 Å². The standard InChI is InChI=1S/C24H29FN4O2/c25-20-8-10-21(11-9-20)26-22(30)18-27-14-16-28(17-15-27)23(19-6-2-1-3-7-19)24(31)29-12-4-5-13-29/h1-3,6-11,23H,4-5,12-18H2,(H,26,30)/t23-/m1/s1. The van der Waals surface area contributed by atoms with Crippen LogP contribution in [0.4, 0.5) is 10.1 Å². The van der Waals surface area contributed by atoms with Gasteiger partial charge in [0.25, 0.3) is 0 Å². The number of carbonyl (C=O) groups is 2. The van der Waals surface area contributed by atoms with Gasteiger partial charge in [0.15, 0.2) is 0 Å². The zero-order valence-corrected chi connectivity index (χ0v) is 17.7. The summed E-state index contributed by atoms with van der Waals surface area (Å²) < 4.78 is 13.0. The van der Waals surface area contributed by atoms with Gasteiger partial charge in [-0.15, -0.1) is 0 Å². The summed E-state index contributed by atoms with van der Waals surface area (Å²) in [7, 11) is 0. The van der Waals surface area contributed by atoms with Crippen LogP contribution in [0.2, 0.25) is 0 Å². The highest BCUT2D eigenvalue weighted by atomic mass is 19.1. The highest BCUT2D eigenvalue weighted by molar-refractivity contribution is 5.92. The van der Waals surface area contributed by atoms with Gasteiger partial charge in [-0.2, -0.15) is 0 Å². The summed E-state index contributed by atoms with van der Waals surface area (Å²) in [6, 6.07) is 15.5. The summed E-state index contributed by atoms with van der Waals surface area (Å²) in [5.41, 5.74) is 1.62. The topological polar surface area (TPSA) is 55.9 Å². The maximum atomic E-state index is 13.3. The van der Waals surface area contributed by atoms with E-state index in [0.717, 1.165) is 44.6 Å². The van der Waals surface area contributed by atoms with Crippen molar-refractivity contribution in [1.82, 2.24) is 14.7 Å². The van der Waals surface area contributed by atoms with E-state index < -0.39 is 0 Å². The van der Waals surface area contributed by atoms with E-state index in [4.69, 9.17) is 0 Å². The number of rotatable bonds is 6. The molecule has 2 aromatic carbocycles. The van der Waals surface area contributed by atoms with Crippen molar-refractivity contribution in [2.75, 3.05) is 51.1 Å². The van der Waals surface area contributed by atoms with Gasteiger partial charge >= 0.3 is 0 Å². The Hall–Kier alpha value is -2.77. The fourth-order valence-corrected chi connectivity index (χ4v) is 4.37. The Balaban J connectivity index is 1.35. The summed E-state index contributed by atoms with van der Waals surface area (Å²) in [5, 5.41) is 2.81. The van der Waals surface area contributed by atoms with Gasteiger partial charge in [-0.3, -0.25) is 19.4 Å². The van der Waals surface area contributed by atoms with Gasteiger partial charge in [0, 0.05) is 45.0 Å². The molecule has 0 radical (unpaired) electrons. The number of amides is 2. The Morgan fingerprint density at radius 2 is 1.52 bits per heavy atom. The second-order valence-electron chi connectivity index (χ2n) is 8.21. The number of hydrogen-bond donors (Lipinski definition) is 1. The average Bonchev–Trinajstić information content (AvgIpc) is 3.32. The summed E-state index contributed by atoms with van der Waals surface area (Å²) >= 11 is 0. The van der Waals surface area contributed by atoms with E-state index in [1.54, 1.807) is 12.1 Å². The number of carbonyl (C=O) groups excluding carboxylic acids is 2. The van der Waals surface area contributed by atoms with E-state index >= 15 is 0 Å². The molecule has 2 aliphatic rings. The van der Waals surface area contributed by atoms with Crippen LogP contribution in [0, 0.1) is 5.82 Å². The molecule has 0 unspecified atom stereocenters. The molecule has 0 saturated carbocycles. The Kier molecular flexibility index (Phi) is 6.94. The molecule has 0 spiro atoms. The van der Waals surface area contributed by atoms with Crippen LogP contribution in [-0.4, -0.2) is 72.3 Å². The van der Waals surface area contributed by atoms with Gasteiger partial charge in [-0.25, -0.2) is 4.39 Å². The molecule has 2 saturated heterocycles. The first kappa shape index (κ1) is 21.5. The normalized spacial score (nSPS) is 18.7. The van der Waals surface area contributed by atoms with Crippen molar-refractivity contribution in [3.8, 4) is 0 Å². The van der Waals surface area contributed by atoms with E-state index in [9.17, 15) is 14.0 Å². The molecule has 1 atom stereocenters. The second-order valence-corrected chi connectivity index (χ2v) is 8.21. The van der Waals surface area contributed by atoms with E-state index in [1.165, 1.54) is 12.1 Å². The second kappa shape index (κ2) is 10.0. The van der Waals surface area contributed by atoms with Gasteiger partial charge in [0.2, 0.25) is 11.8 Å². The molecule has 2 heterocycles. The maximum absolute atomic E-state index is 13.3. The number of nitrogens with zero attached hydrogens (tertiary/aromatic N) is 3. The molecule has 2 aliphatic heterocycles. The lowest BCUT2D eigenvalue weighted by atomic mass is 10.0. The predicted molar refractivity (Wildman–Crippen MR) is 118 cm³/mol.